The Morgan fingerprint density at radius 1 is 0.741 bits per heavy atom. The Balaban J connectivity index is 1.90. The van der Waals surface area contributed by atoms with Gasteiger partial charge >= 0.3 is 0 Å². The van der Waals surface area contributed by atoms with Crippen LogP contribution in [0.15, 0.2) is 66.7 Å². The van der Waals surface area contributed by atoms with Crippen LogP contribution < -0.4 is 5.32 Å². The van der Waals surface area contributed by atoms with Gasteiger partial charge in [-0.3, -0.25) is 9.59 Å². The van der Waals surface area contributed by atoms with Gasteiger partial charge in [-0.15, -0.1) is 0 Å². The first-order chi connectivity index (χ1) is 13.2. The molecule has 1 N–H and O–H groups in total. The number of fused-ring (bicyclic) bond motifs is 2. The molecule has 3 nitrogen and oxygen atoms in total. The van der Waals surface area contributed by atoms with E-state index in [1.165, 1.54) is 0 Å². The Bertz CT molecular complexity index is 1020. The van der Waals surface area contributed by atoms with E-state index in [4.69, 9.17) is 0 Å². The number of nitrogens with one attached hydrogen (secondary N) is 1. The fourth-order valence-electron chi connectivity index (χ4n) is 3.61. The third-order valence-electron chi connectivity index (χ3n) is 5.02. The SMILES string of the molecule is CCCCc1ccc2c(c1Nc1ccccc1)C(=O)c1ccccc1C2=O. The van der Waals surface area contributed by atoms with E-state index in [1.54, 1.807) is 24.3 Å². The van der Waals surface area contributed by atoms with Crippen LogP contribution in [0.3, 0.4) is 0 Å². The van der Waals surface area contributed by atoms with E-state index < -0.39 is 0 Å². The number of carbonyl (C=O) groups excluding carboxylic acids is 2. The van der Waals surface area contributed by atoms with Crippen LogP contribution in [-0.4, -0.2) is 11.6 Å². The van der Waals surface area contributed by atoms with Crippen LogP contribution in [0.5, 0.6) is 0 Å². The number of anilines is 2. The number of hydrogen-bond donors (Lipinski definition) is 1. The zero-order valence-electron chi connectivity index (χ0n) is 15.3. The highest BCUT2D eigenvalue weighted by Gasteiger charge is 2.32. The van der Waals surface area contributed by atoms with E-state index in [2.05, 4.69) is 12.2 Å². The van der Waals surface area contributed by atoms with Gasteiger partial charge in [0, 0.05) is 22.4 Å². The van der Waals surface area contributed by atoms with E-state index in [0.29, 0.717) is 22.3 Å². The molecule has 0 unspecified atom stereocenters. The number of unbranched alkanes of at least 4 members (excludes halogenated alkanes) is 1. The van der Waals surface area contributed by atoms with Crippen LogP contribution in [0.4, 0.5) is 11.4 Å². The lowest BCUT2D eigenvalue weighted by molar-refractivity contribution is 0.0979. The van der Waals surface area contributed by atoms with Crippen LogP contribution in [-0.2, 0) is 6.42 Å². The lowest BCUT2D eigenvalue weighted by atomic mass is 9.81. The number of aryl methyl sites for hydroxylation is 1. The molecule has 0 saturated carbocycles. The van der Waals surface area contributed by atoms with Crippen LogP contribution in [0.25, 0.3) is 0 Å². The summed E-state index contributed by atoms with van der Waals surface area (Å²) in [6, 6.07) is 20.7. The summed E-state index contributed by atoms with van der Waals surface area (Å²) < 4.78 is 0. The van der Waals surface area contributed by atoms with Gasteiger partial charge in [0.05, 0.1) is 11.3 Å². The van der Waals surface area contributed by atoms with Crippen molar-refractivity contribution in [1.82, 2.24) is 0 Å². The Kier molecular flexibility index (Phi) is 4.59. The highest BCUT2D eigenvalue weighted by molar-refractivity contribution is 6.30. The molecule has 0 atom stereocenters. The number of rotatable bonds is 5. The Morgan fingerprint density at radius 2 is 1.41 bits per heavy atom. The van der Waals surface area contributed by atoms with Crippen molar-refractivity contribution in [1.29, 1.82) is 0 Å². The summed E-state index contributed by atoms with van der Waals surface area (Å²) in [6.45, 7) is 2.15. The summed E-state index contributed by atoms with van der Waals surface area (Å²) >= 11 is 0. The first-order valence-electron chi connectivity index (χ1n) is 9.37. The molecule has 0 heterocycles. The van der Waals surface area contributed by atoms with Gasteiger partial charge in [0.25, 0.3) is 0 Å². The fourth-order valence-corrected chi connectivity index (χ4v) is 3.61. The first kappa shape index (κ1) is 17.2. The lowest BCUT2D eigenvalue weighted by Crippen LogP contribution is -2.22. The molecular formula is C24H21NO2. The largest absolute Gasteiger partial charge is 0.355 e. The molecular weight excluding hydrogens is 334 g/mol. The van der Waals surface area contributed by atoms with Crippen molar-refractivity contribution in [2.75, 3.05) is 5.32 Å². The third kappa shape index (κ3) is 3.06. The predicted octanol–water partition coefficient (Wildman–Crippen LogP) is 5.55. The molecule has 3 heteroatoms. The molecule has 4 rings (SSSR count). The summed E-state index contributed by atoms with van der Waals surface area (Å²) in [5, 5.41) is 3.42. The highest BCUT2D eigenvalue weighted by atomic mass is 16.1. The van der Waals surface area contributed by atoms with Crippen LogP contribution in [0.1, 0.15) is 57.2 Å². The van der Waals surface area contributed by atoms with Gasteiger partial charge in [0.1, 0.15) is 0 Å². The number of ketones is 2. The second-order valence-corrected chi connectivity index (χ2v) is 6.82. The van der Waals surface area contributed by atoms with Gasteiger partial charge in [-0.25, -0.2) is 0 Å². The summed E-state index contributed by atoms with van der Waals surface area (Å²) in [5.41, 5.74) is 4.69. The summed E-state index contributed by atoms with van der Waals surface area (Å²) in [4.78, 5) is 26.3. The van der Waals surface area contributed by atoms with Crippen molar-refractivity contribution in [2.24, 2.45) is 0 Å². The van der Waals surface area contributed by atoms with Crippen LogP contribution in [0, 0.1) is 0 Å². The lowest BCUT2D eigenvalue weighted by Gasteiger charge is -2.23. The minimum Gasteiger partial charge on any atom is -0.355 e. The molecule has 0 spiro atoms. The molecule has 0 fully saturated rings. The Morgan fingerprint density at radius 3 is 2.11 bits per heavy atom. The van der Waals surface area contributed by atoms with Gasteiger partial charge in [-0.1, -0.05) is 61.9 Å². The molecule has 1 aliphatic rings. The molecule has 3 aromatic carbocycles. The molecule has 3 aromatic rings. The quantitative estimate of drug-likeness (QED) is 0.511. The maximum absolute atomic E-state index is 13.3. The molecule has 27 heavy (non-hydrogen) atoms. The van der Waals surface area contributed by atoms with E-state index >= 15 is 0 Å². The van der Waals surface area contributed by atoms with Gasteiger partial charge < -0.3 is 5.32 Å². The average Bonchev–Trinajstić information content (AvgIpc) is 2.71. The zero-order valence-corrected chi connectivity index (χ0v) is 15.3. The number of para-hydroxylation sites is 1. The highest BCUT2D eigenvalue weighted by Crippen LogP contribution is 2.36. The Hall–Kier alpha value is -3.20. The maximum atomic E-state index is 13.3. The molecule has 0 saturated heterocycles. The molecule has 0 aromatic heterocycles. The van der Waals surface area contributed by atoms with Crippen molar-refractivity contribution in [2.45, 2.75) is 26.2 Å². The topological polar surface area (TPSA) is 46.2 Å². The van der Waals surface area contributed by atoms with Crippen molar-refractivity contribution < 1.29 is 9.59 Å². The van der Waals surface area contributed by atoms with Crippen LogP contribution in [0.2, 0.25) is 0 Å². The summed E-state index contributed by atoms with van der Waals surface area (Å²) in [6.07, 6.45) is 2.96. The van der Waals surface area contributed by atoms with Crippen molar-refractivity contribution >= 4 is 22.9 Å². The maximum Gasteiger partial charge on any atom is 0.196 e. The van der Waals surface area contributed by atoms with E-state index in [9.17, 15) is 9.59 Å². The molecule has 0 bridgehead atoms. The molecule has 134 valence electrons. The second kappa shape index (κ2) is 7.20. The van der Waals surface area contributed by atoms with Crippen molar-refractivity contribution in [3.63, 3.8) is 0 Å². The van der Waals surface area contributed by atoms with Gasteiger partial charge in [0.2, 0.25) is 0 Å². The van der Waals surface area contributed by atoms with Crippen LogP contribution >= 0.6 is 0 Å². The number of hydrogen-bond acceptors (Lipinski definition) is 3. The van der Waals surface area contributed by atoms with Gasteiger partial charge in [-0.2, -0.15) is 0 Å². The predicted molar refractivity (Wildman–Crippen MR) is 108 cm³/mol. The number of benzene rings is 3. The Labute approximate surface area is 159 Å². The average molecular weight is 355 g/mol. The minimum absolute atomic E-state index is 0.0849. The monoisotopic (exact) mass is 355 g/mol. The van der Waals surface area contributed by atoms with E-state index in [1.807, 2.05) is 42.5 Å². The minimum atomic E-state index is -0.0861. The smallest absolute Gasteiger partial charge is 0.196 e. The molecule has 0 aliphatic heterocycles. The second-order valence-electron chi connectivity index (χ2n) is 6.82. The molecule has 1 aliphatic carbocycles. The zero-order chi connectivity index (χ0) is 18.8. The fraction of sp³-hybridized carbons (Fsp3) is 0.167. The summed E-state index contributed by atoms with van der Waals surface area (Å²) in [7, 11) is 0. The van der Waals surface area contributed by atoms with Crippen molar-refractivity contribution in [3.8, 4) is 0 Å². The summed E-state index contributed by atoms with van der Waals surface area (Å²) in [5.74, 6) is -0.171. The van der Waals surface area contributed by atoms with E-state index in [-0.39, 0.29) is 11.6 Å². The molecule has 0 radical (unpaired) electrons. The van der Waals surface area contributed by atoms with Gasteiger partial charge in [0.15, 0.2) is 11.6 Å². The standard InChI is InChI=1S/C24H21NO2/c1-2-3-9-16-14-15-20-21(22(16)25-17-10-5-4-6-11-17)24(27)19-13-8-7-12-18(19)23(20)26/h4-8,10-15,25H,2-3,9H2,1H3. The molecule has 0 amide bonds. The third-order valence-corrected chi connectivity index (χ3v) is 5.02. The first-order valence-corrected chi connectivity index (χ1v) is 9.37. The van der Waals surface area contributed by atoms with Crippen molar-refractivity contribution in [3.05, 3.63) is 94.5 Å². The number of carbonyl (C=O) groups is 2. The van der Waals surface area contributed by atoms with E-state index in [0.717, 1.165) is 36.2 Å². The van der Waals surface area contributed by atoms with Gasteiger partial charge in [-0.05, 0) is 36.6 Å². The normalized spacial score (nSPS) is 12.5.